The van der Waals surface area contributed by atoms with Crippen LogP contribution >= 0.6 is 12.4 Å². The van der Waals surface area contributed by atoms with Crippen LogP contribution in [0.1, 0.15) is 5.56 Å². The lowest BCUT2D eigenvalue weighted by atomic mass is 10.1. The molecule has 0 fully saturated rings. The molecule has 0 heterocycles. The molecule has 0 bridgehead atoms. The fraction of sp³-hybridized carbons (Fsp3) is 0.278. The van der Waals surface area contributed by atoms with Gasteiger partial charge in [-0.3, -0.25) is 4.79 Å². The SMILES string of the molecule is CN(C)CCOc1cccc(NC(=O)Cc2cccc(N)c2)c1.Cl. The Morgan fingerprint density at radius 3 is 2.62 bits per heavy atom. The third kappa shape index (κ3) is 6.89. The largest absolute Gasteiger partial charge is 0.492 e. The lowest BCUT2D eigenvalue weighted by molar-refractivity contribution is -0.115. The van der Waals surface area contributed by atoms with E-state index >= 15 is 0 Å². The van der Waals surface area contributed by atoms with E-state index in [0.717, 1.165) is 23.5 Å². The summed E-state index contributed by atoms with van der Waals surface area (Å²) < 4.78 is 5.66. The summed E-state index contributed by atoms with van der Waals surface area (Å²) in [5.41, 5.74) is 7.99. The van der Waals surface area contributed by atoms with E-state index in [-0.39, 0.29) is 24.7 Å². The Bertz CT molecular complexity index is 662. The van der Waals surface area contributed by atoms with E-state index in [9.17, 15) is 4.79 Å². The van der Waals surface area contributed by atoms with E-state index in [0.29, 0.717) is 12.3 Å². The van der Waals surface area contributed by atoms with Crippen molar-refractivity contribution in [1.82, 2.24) is 4.90 Å². The number of carbonyl (C=O) groups excluding carboxylic acids is 1. The number of likely N-dealkylation sites (N-methyl/N-ethyl adjacent to an activating group) is 1. The molecule has 2 rings (SSSR count). The molecule has 0 aliphatic rings. The van der Waals surface area contributed by atoms with Gasteiger partial charge in [0.1, 0.15) is 12.4 Å². The second-order valence-electron chi connectivity index (χ2n) is 5.65. The van der Waals surface area contributed by atoms with Crippen molar-refractivity contribution in [1.29, 1.82) is 0 Å². The van der Waals surface area contributed by atoms with Crippen LogP contribution in [-0.4, -0.2) is 38.1 Å². The maximum absolute atomic E-state index is 12.1. The van der Waals surface area contributed by atoms with Gasteiger partial charge in [-0.15, -0.1) is 12.4 Å². The fourth-order valence-electron chi connectivity index (χ4n) is 2.10. The van der Waals surface area contributed by atoms with Gasteiger partial charge in [-0.25, -0.2) is 0 Å². The summed E-state index contributed by atoms with van der Waals surface area (Å²) in [5.74, 6) is 0.662. The number of hydrogen-bond donors (Lipinski definition) is 2. The second-order valence-corrected chi connectivity index (χ2v) is 5.65. The van der Waals surface area contributed by atoms with Crippen molar-refractivity contribution < 1.29 is 9.53 Å². The van der Waals surface area contributed by atoms with E-state index in [1.807, 2.05) is 50.5 Å². The molecule has 5 nitrogen and oxygen atoms in total. The Kier molecular flexibility index (Phi) is 8.09. The van der Waals surface area contributed by atoms with Crippen LogP contribution in [-0.2, 0) is 11.2 Å². The summed E-state index contributed by atoms with van der Waals surface area (Å²) in [5, 5.41) is 2.88. The fourth-order valence-corrected chi connectivity index (χ4v) is 2.10. The zero-order valence-electron chi connectivity index (χ0n) is 14.0. The minimum atomic E-state index is -0.0824. The lowest BCUT2D eigenvalue weighted by Gasteiger charge is -2.12. The monoisotopic (exact) mass is 349 g/mol. The van der Waals surface area contributed by atoms with Gasteiger partial charge in [-0.1, -0.05) is 18.2 Å². The molecule has 0 aromatic heterocycles. The first-order chi connectivity index (χ1) is 11.0. The summed E-state index contributed by atoms with van der Waals surface area (Å²) in [4.78, 5) is 14.2. The third-order valence-electron chi connectivity index (χ3n) is 3.24. The zero-order valence-corrected chi connectivity index (χ0v) is 14.8. The van der Waals surface area contributed by atoms with Gasteiger partial charge < -0.3 is 20.7 Å². The number of nitrogen functional groups attached to an aromatic ring is 1. The van der Waals surface area contributed by atoms with Crippen LogP contribution in [0.3, 0.4) is 0 Å². The predicted molar refractivity (Wildman–Crippen MR) is 101 cm³/mol. The summed E-state index contributed by atoms with van der Waals surface area (Å²) >= 11 is 0. The van der Waals surface area contributed by atoms with Gasteiger partial charge >= 0.3 is 0 Å². The highest BCUT2D eigenvalue weighted by Crippen LogP contribution is 2.18. The number of nitrogens with one attached hydrogen (secondary N) is 1. The van der Waals surface area contributed by atoms with Crippen LogP contribution in [0.25, 0.3) is 0 Å². The van der Waals surface area contributed by atoms with E-state index in [4.69, 9.17) is 10.5 Å². The first-order valence-electron chi connectivity index (χ1n) is 7.55. The van der Waals surface area contributed by atoms with Crippen molar-refractivity contribution in [3.63, 3.8) is 0 Å². The second kappa shape index (κ2) is 9.80. The number of amides is 1. The van der Waals surface area contributed by atoms with Crippen molar-refractivity contribution >= 4 is 29.7 Å². The molecule has 3 N–H and O–H groups in total. The van der Waals surface area contributed by atoms with Gasteiger partial charge in [-0.05, 0) is 43.9 Å². The molecule has 24 heavy (non-hydrogen) atoms. The lowest BCUT2D eigenvalue weighted by Crippen LogP contribution is -2.19. The molecule has 0 aliphatic carbocycles. The molecule has 0 spiro atoms. The number of nitrogens with zero attached hydrogens (tertiary/aromatic N) is 1. The number of nitrogens with two attached hydrogens (primary N) is 1. The number of halogens is 1. The summed E-state index contributed by atoms with van der Waals surface area (Å²) in [6.45, 7) is 1.44. The van der Waals surface area contributed by atoms with Crippen molar-refractivity contribution in [2.24, 2.45) is 0 Å². The minimum Gasteiger partial charge on any atom is -0.492 e. The first-order valence-corrected chi connectivity index (χ1v) is 7.55. The zero-order chi connectivity index (χ0) is 16.7. The maximum atomic E-state index is 12.1. The van der Waals surface area contributed by atoms with Gasteiger partial charge in [0.15, 0.2) is 0 Å². The van der Waals surface area contributed by atoms with E-state index in [1.165, 1.54) is 0 Å². The molecule has 0 atom stereocenters. The third-order valence-corrected chi connectivity index (χ3v) is 3.24. The van der Waals surface area contributed by atoms with E-state index in [2.05, 4.69) is 10.2 Å². The molecule has 0 radical (unpaired) electrons. The molecule has 130 valence electrons. The Morgan fingerprint density at radius 2 is 1.92 bits per heavy atom. The normalized spacial score (nSPS) is 10.1. The van der Waals surface area contributed by atoms with Gasteiger partial charge in [0.2, 0.25) is 5.91 Å². The highest BCUT2D eigenvalue weighted by molar-refractivity contribution is 5.92. The minimum absolute atomic E-state index is 0. The van der Waals surface area contributed by atoms with E-state index < -0.39 is 0 Å². The number of anilines is 2. The van der Waals surface area contributed by atoms with Crippen LogP contribution < -0.4 is 15.8 Å². The molecular weight excluding hydrogens is 326 g/mol. The summed E-state index contributed by atoms with van der Waals surface area (Å²) in [6, 6.07) is 14.7. The van der Waals surface area contributed by atoms with Gasteiger partial charge in [0.05, 0.1) is 6.42 Å². The average molecular weight is 350 g/mol. The van der Waals surface area contributed by atoms with Gasteiger partial charge in [0, 0.05) is 24.0 Å². The van der Waals surface area contributed by atoms with Crippen molar-refractivity contribution in [2.75, 3.05) is 38.3 Å². The number of hydrogen-bond acceptors (Lipinski definition) is 4. The molecule has 0 unspecified atom stereocenters. The smallest absolute Gasteiger partial charge is 0.228 e. The van der Waals surface area contributed by atoms with Crippen LogP contribution in [0.15, 0.2) is 48.5 Å². The number of rotatable bonds is 7. The van der Waals surface area contributed by atoms with Gasteiger partial charge in [0.25, 0.3) is 0 Å². The predicted octanol–water partition coefficient (Wildman–Crippen LogP) is 2.81. The van der Waals surface area contributed by atoms with Gasteiger partial charge in [-0.2, -0.15) is 0 Å². The number of benzene rings is 2. The Hall–Kier alpha value is -2.24. The molecule has 0 saturated heterocycles. The molecule has 2 aromatic rings. The number of carbonyl (C=O) groups is 1. The topological polar surface area (TPSA) is 67.6 Å². The van der Waals surface area contributed by atoms with Crippen LogP contribution in [0, 0.1) is 0 Å². The number of ether oxygens (including phenoxy) is 1. The first kappa shape index (κ1) is 19.8. The van der Waals surface area contributed by atoms with Crippen molar-refractivity contribution in [3.8, 4) is 5.75 Å². The van der Waals surface area contributed by atoms with Crippen LogP contribution in [0.4, 0.5) is 11.4 Å². The van der Waals surface area contributed by atoms with Crippen LogP contribution in [0.2, 0.25) is 0 Å². The molecule has 6 heteroatoms. The molecule has 1 amide bonds. The summed E-state index contributed by atoms with van der Waals surface area (Å²) in [7, 11) is 3.99. The highest BCUT2D eigenvalue weighted by atomic mass is 35.5. The highest BCUT2D eigenvalue weighted by Gasteiger charge is 2.05. The average Bonchev–Trinajstić information content (AvgIpc) is 2.47. The standard InChI is InChI=1S/C18H23N3O2.ClH/c1-21(2)9-10-23-17-8-4-7-16(13-17)20-18(22)12-14-5-3-6-15(19)11-14;/h3-8,11,13H,9-10,12,19H2,1-2H3,(H,20,22);1H. The summed E-state index contributed by atoms with van der Waals surface area (Å²) in [6.07, 6.45) is 0.288. The van der Waals surface area contributed by atoms with E-state index in [1.54, 1.807) is 12.1 Å². The molecule has 0 saturated carbocycles. The molecular formula is C18H24ClN3O2. The Morgan fingerprint density at radius 1 is 1.17 bits per heavy atom. The maximum Gasteiger partial charge on any atom is 0.228 e. The van der Waals surface area contributed by atoms with Crippen LogP contribution in [0.5, 0.6) is 5.75 Å². The quantitative estimate of drug-likeness (QED) is 0.754. The Labute approximate surface area is 149 Å². The molecule has 2 aromatic carbocycles. The Balaban J connectivity index is 0.00000288. The van der Waals surface area contributed by atoms with Crippen molar-refractivity contribution in [2.45, 2.75) is 6.42 Å². The molecule has 0 aliphatic heterocycles. The van der Waals surface area contributed by atoms with Crippen molar-refractivity contribution in [3.05, 3.63) is 54.1 Å².